The molecule has 2 N–H and O–H groups in total. The van der Waals surface area contributed by atoms with E-state index < -0.39 is 0 Å². The highest BCUT2D eigenvalue weighted by atomic mass is 32.2. The molecule has 3 aromatic heterocycles. The van der Waals surface area contributed by atoms with Gasteiger partial charge in [-0.2, -0.15) is 0 Å². The van der Waals surface area contributed by atoms with Crippen molar-refractivity contribution < 1.29 is 9.59 Å². The van der Waals surface area contributed by atoms with E-state index in [1.54, 1.807) is 18.3 Å². The summed E-state index contributed by atoms with van der Waals surface area (Å²) < 4.78 is 0. The topological polar surface area (TPSA) is 113 Å². The first-order valence-corrected chi connectivity index (χ1v) is 13.8. The van der Waals surface area contributed by atoms with E-state index in [1.807, 2.05) is 30.6 Å². The Kier molecular flexibility index (Phi) is 7.29. The van der Waals surface area contributed by atoms with Crippen LogP contribution >= 0.6 is 11.8 Å². The molecule has 1 aromatic carbocycles. The van der Waals surface area contributed by atoms with Crippen molar-refractivity contribution in [1.82, 2.24) is 30.6 Å². The summed E-state index contributed by atoms with van der Waals surface area (Å²) in [6, 6.07) is 16.1. The van der Waals surface area contributed by atoms with Crippen LogP contribution in [-0.4, -0.2) is 50.7 Å². The van der Waals surface area contributed by atoms with Crippen LogP contribution in [0.3, 0.4) is 0 Å². The third-order valence-corrected chi connectivity index (χ3v) is 7.78. The molecule has 2 saturated heterocycles. The summed E-state index contributed by atoms with van der Waals surface area (Å²) in [6.07, 6.45) is 9.16. The van der Waals surface area contributed by atoms with Crippen molar-refractivity contribution in [1.29, 1.82) is 0 Å². The fourth-order valence-corrected chi connectivity index (χ4v) is 5.61. The van der Waals surface area contributed by atoms with Gasteiger partial charge in [0, 0.05) is 49.2 Å². The van der Waals surface area contributed by atoms with Crippen LogP contribution in [0.2, 0.25) is 0 Å². The summed E-state index contributed by atoms with van der Waals surface area (Å²) in [5, 5.41) is 7.76. The molecule has 39 heavy (non-hydrogen) atoms. The van der Waals surface area contributed by atoms with Gasteiger partial charge in [-0.1, -0.05) is 30.3 Å². The van der Waals surface area contributed by atoms with Crippen LogP contribution < -0.4 is 15.5 Å². The van der Waals surface area contributed by atoms with Crippen LogP contribution in [0.25, 0.3) is 28.1 Å². The lowest BCUT2D eigenvalue weighted by atomic mass is 9.97. The minimum absolute atomic E-state index is 0.350. The fraction of sp³-hybridized carbons (Fsp3) is 0.241. The van der Waals surface area contributed by atoms with Gasteiger partial charge in [-0.15, -0.1) is 0 Å². The number of pyridine rings is 2. The molecule has 196 valence electrons. The maximum Gasteiger partial charge on any atom is 0.290 e. The molecule has 2 aliphatic rings. The van der Waals surface area contributed by atoms with E-state index in [-0.39, 0.29) is 11.1 Å². The van der Waals surface area contributed by atoms with Gasteiger partial charge in [-0.25, -0.2) is 9.97 Å². The average Bonchev–Trinajstić information content (AvgIpc) is 3.29. The molecule has 5 heterocycles. The summed E-state index contributed by atoms with van der Waals surface area (Å²) in [5.41, 5.74) is 3.60. The second kappa shape index (κ2) is 11.3. The van der Waals surface area contributed by atoms with Gasteiger partial charge < -0.3 is 10.2 Å². The predicted octanol–water partition coefficient (Wildman–Crippen LogP) is 4.42. The van der Waals surface area contributed by atoms with Crippen LogP contribution in [0.15, 0.2) is 72.0 Å². The first-order chi connectivity index (χ1) is 19.1. The lowest BCUT2D eigenvalue weighted by Crippen LogP contribution is -2.38. The largest absolute Gasteiger partial charge is 0.341 e. The molecule has 6 rings (SSSR count). The van der Waals surface area contributed by atoms with E-state index >= 15 is 0 Å². The number of aromatic nitrogens is 4. The van der Waals surface area contributed by atoms with Crippen molar-refractivity contribution in [3.05, 3.63) is 83.4 Å². The van der Waals surface area contributed by atoms with Crippen molar-refractivity contribution in [2.24, 2.45) is 5.92 Å². The van der Waals surface area contributed by atoms with E-state index in [0.717, 1.165) is 72.0 Å². The van der Waals surface area contributed by atoms with E-state index in [9.17, 15) is 9.59 Å². The van der Waals surface area contributed by atoms with Gasteiger partial charge >= 0.3 is 0 Å². The summed E-state index contributed by atoms with van der Waals surface area (Å²) in [6.45, 7) is 3.35. The Morgan fingerprint density at radius 2 is 1.90 bits per heavy atom. The average molecular weight is 538 g/mol. The van der Waals surface area contributed by atoms with E-state index in [1.165, 1.54) is 0 Å². The Morgan fingerprint density at radius 3 is 2.74 bits per heavy atom. The zero-order chi connectivity index (χ0) is 26.6. The molecule has 0 unspecified atom stereocenters. The molecule has 4 aromatic rings. The third-order valence-electron chi connectivity index (χ3n) is 6.97. The Hall–Kier alpha value is -4.15. The molecule has 0 atom stereocenters. The van der Waals surface area contributed by atoms with Crippen LogP contribution in [0.5, 0.6) is 0 Å². The maximum atomic E-state index is 11.8. The summed E-state index contributed by atoms with van der Waals surface area (Å²) >= 11 is 0.889. The number of fused-ring (bicyclic) bond motifs is 1. The molecule has 9 nitrogen and oxygen atoms in total. The molecular formula is C29H27N7O2S. The summed E-state index contributed by atoms with van der Waals surface area (Å²) in [7, 11) is 0. The highest BCUT2D eigenvalue weighted by Crippen LogP contribution is 2.27. The maximum absolute atomic E-state index is 11.8. The SMILES string of the molecule is O=C1NC(=O)C(=Cc2ccnc(N3CCC(CNCc4cccc(-c5cncc6ccccc56)n4)CC3)n2)S1. The molecule has 2 amide bonds. The van der Waals surface area contributed by atoms with Crippen molar-refractivity contribution in [3.63, 3.8) is 0 Å². The van der Waals surface area contributed by atoms with Gasteiger partial charge in [0.2, 0.25) is 5.95 Å². The second-order valence-corrected chi connectivity index (χ2v) is 10.6. The number of hydrogen-bond acceptors (Lipinski definition) is 9. The highest BCUT2D eigenvalue weighted by Gasteiger charge is 2.26. The number of carbonyl (C=O) groups excluding carboxylic acids is 2. The van der Waals surface area contributed by atoms with Gasteiger partial charge in [0.25, 0.3) is 11.1 Å². The minimum Gasteiger partial charge on any atom is -0.341 e. The third kappa shape index (κ3) is 5.81. The Balaban J connectivity index is 1.02. The van der Waals surface area contributed by atoms with Gasteiger partial charge in [0.15, 0.2) is 0 Å². The second-order valence-electron chi connectivity index (χ2n) is 9.62. The Bertz CT molecular complexity index is 1560. The molecule has 0 spiro atoms. The van der Waals surface area contributed by atoms with Crippen molar-refractivity contribution in [2.75, 3.05) is 24.5 Å². The van der Waals surface area contributed by atoms with Gasteiger partial charge in [0.1, 0.15) is 0 Å². The molecule has 2 aliphatic heterocycles. The van der Waals surface area contributed by atoms with Gasteiger partial charge in [-0.3, -0.25) is 24.9 Å². The number of carbonyl (C=O) groups is 2. The number of hydrogen-bond donors (Lipinski definition) is 2. The molecule has 0 aliphatic carbocycles. The molecule has 2 fully saturated rings. The predicted molar refractivity (Wildman–Crippen MR) is 153 cm³/mol. The number of nitrogens with one attached hydrogen (secondary N) is 2. The monoisotopic (exact) mass is 537 g/mol. The number of thioether (sulfide) groups is 1. The normalized spacial score (nSPS) is 17.2. The highest BCUT2D eigenvalue weighted by molar-refractivity contribution is 8.18. The van der Waals surface area contributed by atoms with Gasteiger partial charge in [-0.05, 0) is 66.7 Å². The minimum atomic E-state index is -0.383. The number of piperidine rings is 1. The van der Waals surface area contributed by atoms with Crippen LogP contribution in [0.1, 0.15) is 24.2 Å². The number of imide groups is 1. The smallest absolute Gasteiger partial charge is 0.290 e. The lowest BCUT2D eigenvalue weighted by molar-refractivity contribution is -0.115. The molecular weight excluding hydrogens is 510 g/mol. The number of benzene rings is 1. The Labute approximate surface area is 230 Å². The van der Waals surface area contributed by atoms with E-state index in [4.69, 9.17) is 4.98 Å². The van der Waals surface area contributed by atoms with Crippen molar-refractivity contribution in [2.45, 2.75) is 19.4 Å². The molecule has 0 bridgehead atoms. The van der Waals surface area contributed by atoms with Crippen LogP contribution in [-0.2, 0) is 11.3 Å². The molecule has 0 radical (unpaired) electrons. The van der Waals surface area contributed by atoms with Crippen LogP contribution in [0, 0.1) is 5.92 Å². The zero-order valence-corrected chi connectivity index (χ0v) is 22.0. The van der Waals surface area contributed by atoms with E-state index in [2.05, 4.69) is 54.8 Å². The van der Waals surface area contributed by atoms with Crippen molar-refractivity contribution >= 4 is 45.7 Å². The summed E-state index contributed by atoms with van der Waals surface area (Å²) in [5.74, 6) is 0.821. The first kappa shape index (κ1) is 25.1. The van der Waals surface area contributed by atoms with Crippen molar-refractivity contribution in [3.8, 4) is 11.3 Å². The Morgan fingerprint density at radius 1 is 1.03 bits per heavy atom. The van der Waals surface area contributed by atoms with Gasteiger partial charge in [0.05, 0.1) is 22.0 Å². The lowest BCUT2D eigenvalue weighted by Gasteiger charge is -2.32. The fourth-order valence-electron chi connectivity index (χ4n) is 4.94. The van der Waals surface area contributed by atoms with Crippen LogP contribution in [0.4, 0.5) is 10.7 Å². The number of rotatable bonds is 7. The van der Waals surface area contributed by atoms with E-state index in [0.29, 0.717) is 29.0 Å². The standard InChI is InChI=1S/C29H27N7O2S/c37-27-26(39-29(38)35-27)14-21-8-11-32-28(34-21)36-12-9-19(10-13-36)15-30-17-22-5-3-7-25(33-22)24-18-31-16-20-4-1-2-6-23(20)24/h1-8,11,14,16,18-19,30H,9-10,12-13,15,17H2,(H,35,37,38). The number of anilines is 1. The molecule has 0 saturated carbocycles. The number of amides is 2. The zero-order valence-electron chi connectivity index (χ0n) is 21.2. The quantitative estimate of drug-likeness (QED) is 0.331. The summed E-state index contributed by atoms with van der Waals surface area (Å²) in [4.78, 5) is 44.1. The first-order valence-electron chi connectivity index (χ1n) is 12.9. The number of nitrogens with zero attached hydrogens (tertiary/aromatic N) is 5. The molecule has 10 heteroatoms.